The highest BCUT2D eigenvalue weighted by Crippen LogP contribution is 2.50. The lowest BCUT2D eigenvalue weighted by atomic mass is 9.86. The van der Waals surface area contributed by atoms with Crippen molar-refractivity contribution in [3.05, 3.63) is 59.0 Å². The summed E-state index contributed by atoms with van der Waals surface area (Å²) in [4.78, 5) is 25.7. The summed E-state index contributed by atoms with van der Waals surface area (Å²) in [5.74, 6) is -5.36. The molecule has 0 aliphatic heterocycles. The van der Waals surface area contributed by atoms with Crippen molar-refractivity contribution in [1.82, 2.24) is 10.3 Å². The summed E-state index contributed by atoms with van der Waals surface area (Å²) in [7, 11) is 0. The minimum Gasteiger partial charge on any atom is -0.461 e. The van der Waals surface area contributed by atoms with E-state index in [9.17, 15) is 18.4 Å². The van der Waals surface area contributed by atoms with E-state index in [1.807, 2.05) is 30.3 Å². The first-order valence-corrected chi connectivity index (χ1v) is 13.4. The molecule has 8 nitrogen and oxygen atoms in total. The van der Waals surface area contributed by atoms with E-state index in [1.54, 1.807) is 20.8 Å². The molecule has 1 aliphatic carbocycles. The molecule has 1 saturated carbocycles. The third kappa shape index (κ3) is 6.95. The number of carbonyl (C=O) groups excluding carboxylic acids is 2. The van der Waals surface area contributed by atoms with Gasteiger partial charge in [-0.25, -0.2) is 0 Å². The Bertz CT molecular complexity index is 1330. The number of esters is 2. The van der Waals surface area contributed by atoms with Crippen molar-refractivity contribution in [1.29, 1.82) is 0 Å². The van der Waals surface area contributed by atoms with Crippen molar-refractivity contribution in [3.63, 3.8) is 0 Å². The molecule has 40 heavy (non-hydrogen) atoms. The van der Waals surface area contributed by atoms with E-state index in [0.717, 1.165) is 18.4 Å². The normalized spacial score (nSPS) is 15.1. The van der Waals surface area contributed by atoms with E-state index in [-0.39, 0.29) is 36.8 Å². The van der Waals surface area contributed by atoms with Crippen molar-refractivity contribution in [2.75, 3.05) is 0 Å². The Kier molecular flexibility index (Phi) is 8.19. The van der Waals surface area contributed by atoms with Gasteiger partial charge < -0.3 is 18.5 Å². The van der Waals surface area contributed by atoms with Crippen LogP contribution in [0, 0.1) is 5.41 Å². The third-order valence-electron chi connectivity index (χ3n) is 6.61. The molecule has 2 heterocycles. The lowest BCUT2D eigenvalue weighted by Gasteiger charge is -2.27. The van der Waals surface area contributed by atoms with E-state index in [1.165, 1.54) is 26.8 Å². The summed E-state index contributed by atoms with van der Waals surface area (Å²) < 4.78 is 51.6. The molecule has 3 aromatic rings. The molecule has 0 N–H and O–H groups in total. The summed E-state index contributed by atoms with van der Waals surface area (Å²) in [6, 6.07) is 10.4. The topological polar surface area (TPSA) is 105 Å². The Morgan fingerprint density at radius 2 is 1.62 bits per heavy atom. The number of rotatable bonds is 10. The molecule has 1 aliphatic rings. The fraction of sp³-hybridized carbons (Fsp3) is 0.533. The second-order valence-corrected chi connectivity index (χ2v) is 12.3. The maximum Gasteiger partial charge on any atom is 0.312 e. The average Bonchev–Trinajstić information content (AvgIpc) is 3.39. The lowest BCUT2D eigenvalue weighted by Crippen LogP contribution is -2.30. The monoisotopic (exact) mass is 558 g/mol. The van der Waals surface area contributed by atoms with Crippen LogP contribution in [0.15, 0.2) is 45.4 Å². The zero-order valence-corrected chi connectivity index (χ0v) is 23.8. The van der Waals surface area contributed by atoms with Crippen molar-refractivity contribution in [2.45, 2.75) is 97.2 Å². The van der Waals surface area contributed by atoms with E-state index in [0.29, 0.717) is 11.3 Å². The van der Waals surface area contributed by atoms with Gasteiger partial charge in [0.25, 0.3) is 0 Å². The number of aromatic nitrogens is 2. The van der Waals surface area contributed by atoms with Crippen LogP contribution >= 0.6 is 0 Å². The van der Waals surface area contributed by atoms with Crippen LogP contribution in [0.25, 0.3) is 11.5 Å². The summed E-state index contributed by atoms with van der Waals surface area (Å²) in [5, 5.41) is 8.11. The Morgan fingerprint density at radius 3 is 2.23 bits per heavy atom. The molecule has 0 saturated heterocycles. The maximum atomic E-state index is 14.9. The van der Waals surface area contributed by atoms with E-state index in [2.05, 4.69) is 10.3 Å². The zero-order valence-electron chi connectivity index (χ0n) is 23.8. The van der Waals surface area contributed by atoms with Gasteiger partial charge in [0.2, 0.25) is 5.76 Å². The van der Waals surface area contributed by atoms with Crippen LogP contribution in [-0.4, -0.2) is 27.9 Å². The van der Waals surface area contributed by atoms with Gasteiger partial charge in [-0.2, -0.15) is 8.78 Å². The van der Waals surface area contributed by atoms with Crippen LogP contribution in [0.4, 0.5) is 8.78 Å². The van der Waals surface area contributed by atoms with Gasteiger partial charge in [-0.05, 0) is 45.1 Å². The highest BCUT2D eigenvalue weighted by Gasteiger charge is 2.49. The first-order chi connectivity index (χ1) is 18.7. The van der Waals surface area contributed by atoms with Gasteiger partial charge >= 0.3 is 17.9 Å². The molecule has 0 amide bonds. The summed E-state index contributed by atoms with van der Waals surface area (Å²) in [5.41, 5.74) is -0.165. The molecule has 0 unspecified atom stereocenters. The average molecular weight is 559 g/mol. The number of hydrogen-bond acceptors (Lipinski definition) is 8. The number of benzene rings is 1. The molecule has 0 bridgehead atoms. The maximum absolute atomic E-state index is 14.9. The minimum atomic E-state index is -3.28. The van der Waals surface area contributed by atoms with Gasteiger partial charge in [0.15, 0.2) is 11.5 Å². The fourth-order valence-corrected chi connectivity index (χ4v) is 4.30. The number of alkyl halides is 2. The number of nitrogens with zero attached hydrogens (tertiary/aromatic N) is 2. The van der Waals surface area contributed by atoms with Gasteiger partial charge in [0, 0.05) is 23.0 Å². The van der Waals surface area contributed by atoms with Gasteiger partial charge in [-0.3, -0.25) is 9.59 Å². The van der Waals surface area contributed by atoms with E-state index >= 15 is 0 Å². The predicted octanol–water partition coefficient (Wildman–Crippen LogP) is 7.29. The highest BCUT2D eigenvalue weighted by atomic mass is 19.3. The molecule has 10 heteroatoms. The standard InChI is InChI=1S/C30H36F2N2O6/c1-28(2,3)30(31,32)22-16-21(33-39-22)27-25(19-12-13-19)26(34-40-27)20(15-24(36)38-29(4,5)6)14-23(35)37-17-18-10-8-7-9-11-18/h7-11,16,19-20H,12-15,17H2,1-6H3/t20-/m1/s1. The molecule has 216 valence electrons. The highest BCUT2D eigenvalue weighted by molar-refractivity contribution is 5.75. The van der Waals surface area contributed by atoms with Crippen LogP contribution in [0.1, 0.15) is 102 Å². The molecule has 1 aromatic carbocycles. The number of halogens is 2. The van der Waals surface area contributed by atoms with Gasteiger partial charge in [0.05, 0.1) is 18.5 Å². The van der Waals surface area contributed by atoms with E-state index < -0.39 is 40.6 Å². The Labute approximate surface area is 232 Å². The Hall–Kier alpha value is -3.56. The fourth-order valence-electron chi connectivity index (χ4n) is 4.30. The van der Waals surface area contributed by atoms with Crippen molar-refractivity contribution in [2.24, 2.45) is 5.41 Å². The molecule has 0 radical (unpaired) electrons. The zero-order chi connectivity index (χ0) is 29.3. The number of hydrogen-bond donors (Lipinski definition) is 0. The summed E-state index contributed by atoms with van der Waals surface area (Å²) in [6.45, 7) is 9.59. The quantitative estimate of drug-likeness (QED) is 0.239. The largest absolute Gasteiger partial charge is 0.461 e. The molecule has 1 atom stereocenters. The number of carbonyl (C=O) groups is 2. The van der Waals surface area contributed by atoms with Gasteiger partial charge in [-0.1, -0.05) is 61.4 Å². The first kappa shape index (κ1) is 29.4. The first-order valence-electron chi connectivity index (χ1n) is 13.4. The summed E-state index contributed by atoms with van der Waals surface area (Å²) in [6.07, 6.45) is 1.35. The molecule has 4 rings (SSSR count). The molecule has 2 aromatic heterocycles. The van der Waals surface area contributed by atoms with Crippen molar-refractivity contribution in [3.8, 4) is 11.5 Å². The van der Waals surface area contributed by atoms with E-state index in [4.69, 9.17) is 18.5 Å². The molecule has 1 fully saturated rings. The third-order valence-corrected chi connectivity index (χ3v) is 6.61. The van der Waals surface area contributed by atoms with Crippen molar-refractivity contribution >= 4 is 11.9 Å². The second-order valence-electron chi connectivity index (χ2n) is 12.3. The van der Waals surface area contributed by atoms with Crippen LogP contribution < -0.4 is 0 Å². The van der Waals surface area contributed by atoms with Crippen LogP contribution in [-0.2, 0) is 31.6 Å². The molecular weight excluding hydrogens is 522 g/mol. The minimum absolute atomic E-state index is 0.0287. The Balaban J connectivity index is 1.63. The number of ether oxygens (including phenoxy) is 2. The van der Waals surface area contributed by atoms with Crippen molar-refractivity contribution < 1.29 is 36.9 Å². The second kappa shape index (κ2) is 11.1. The smallest absolute Gasteiger partial charge is 0.312 e. The lowest BCUT2D eigenvalue weighted by molar-refractivity contribution is -0.155. The predicted molar refractivity (Wildman–Crippen MR) is 141 cm³/mol. The van der Waals surface area contributed by atoms with Crippen LogP contribution in [0.2, 0.25) is 0 Å². The Morgan fingerprint density at radius 1 is 0.975 bits per heavy atom. The summed E-state index contributed by atoms with van der Waals surface area (Å²) >= 11 is 0. The SMILES string of the molecule is CC(C)(C)OC(=O)C[C@@H](CC(=O)OCc1ccccc1)c1noc(-c2cc(C(F)(F)C(C)(C)C)on2)c1C1CC1. The molecular formula is C30H36F2N2O6. The molecule has 0 spiro atoms. The van der Waals surface area contributed by atoms with Gasteiger partial charge in [-0.15, -0.1) is 0 Å². The van der Waals surface area contributed by atoms with Crippen LogP contribution in [0.5, 0.6) is 0 Å². The van der Waals surface area contributed by atoms with Gasteiger partial charge in [0.1, 0.15) is 12.2 Å². The van der Waals surface area contributed by atoms with Crippen LogP contribution in [0.3, 0.4) is 0 Å².